The second-order valence-corrected chi connectivity index (χ2v) is 8.15. The highest BCUT2D eigenvalue weighted by Gasteiger charge is 2.33. The molecule has 0 radical (unpaired) electrons. The van der Waals surface area contributed by atoms with Crippen LogP contribution in [0.25, 0.3) is 16.8 Å². The molecule has 0 atom stereocenters. The smallest absolute Gasteiger partial charge is 0.267 e. The summed E-state index contributed by atoms with van der Waals surface area (Å²) in [7, 11) is 0. The van der Waals surface area contributed by atoms with Crippen molar-refractivity contribution in [2.45, 2.75) is 0 Å². The summed E-state index contributed by atoms with van der Waals surface area (Å²) < 4.78 is 0.277. The molecule has 1 N–H and O–H groups in total. The predicted octanol–water partition coefficient (Wildman–Crippen LogP) is 5.04. The molecule has 0 bridgehead atoms. The average Bonchev–Trinajstić information content (AvgIpc) is 2.96. The van der Waals surface area contributed by atoms with E-state index in [2.05, 4.69) is 5.43 Å². The Kier molecular flexibility index (Phi) is 5.17. The third kappa shape index (κ3) is 3.67. The largest absolute Gasteiger partial charge is 0.285 e. The number of halogens is 1. The van der Waals surface area contributed by atoms with Gasteiger partial charge in [-0.1, -0.05) is 65.8 Å². The Hall–Kier alpha value is -2.67. The van der Waals surface area contributed by atoms with E-state index in [9.17, 15) is 9.59 Å². The minimum Gasteiger partial charge on any atom is -0.267 e. The number of carbonyl (C=O) groups excluding carboxylic acids is 2. The van der Waals surface area contributed by atoms with Crippen molar-refractivity contribution in [1.82, 2.24) is 10.4 Å². The molecule has 138 valence electrons. The molecule has 0 aromatic heterocycles. The van der Waals surface area contributed by atoms with Crippen molar-refractivity contribution < 1.29 is 9.59 Å². The fourth-order valence-electron chi connectivity index (χ4n) is 2.85. The van der Waals surface area contributed by atoms with Crippen LogP contribution < -0.4 is 5.43 Å². The Bertz CT molecular complexity index is 1140. The van der Waals surface area contributed by atoms with Gasteiger partial charge in [0.2, 0.25) is 0 Å². The summed E-state index contributed by atoms with van der Waals surface area (Å²) in [5.74, 6) is -0.787. The lowest BCUT2D eigenvalue weighted by molar-refractivity contribution is -0.123. The number of amides is 2. The summed E-state index contributed by atoms with van der Waals surface area (Å²) in [4.78, 5) is 25.7. The third-order valence-electron chi connectivity index (χ3n) is 4.22. The van der Waals surface area contributed by atoms with Gasteiger partial charge in [0.25, 0.3) is 11.8 Å². The van der Waals surface area contributed by atoms with Crippen LogP contribution in [0.1, 0.15) is 15.9 Å². The molecule has 2 amide bonds. The number of benzene rings is 3. The number of hydrogen-bond donors (Lipinski definition) is 1. The first kappa shape index (κ1) is 18.7. The van der Waals surface area contributed by atoms with Gasteiger partial charge in [0, 0.05) is 10.6 Å². The van der Waals surface area contributed by atoms with Gasteiger partial charge in [0.1, 0.15) is 0 Å². The number of fused-ring (bicyclic) bond motifs is 1. The van der Waals surface area contributed by atoms with Gasteiger partial charge in [-0.3, -0.25) is 15.0 Å². The van der Waals surface area contributed by atoms with E-state index in [1.807, 2.05) is 42.5 Å². The minimum absolute atomic E-state index is 0.277. The highest BCUT2D eigenvalue weighted by atomic mass is 35.5. The first-order valence-electron chi connectivity index (χ1n) is 8.35. The lowest BCUT2D eigenvalue weighted by Crippen LogP contribution is -2.44. The van der Waals surface area contributed by atoms with Crippen molar-refractivity contribution in [1.29, 1.82) is 0 Å². The summed E-state index contributed by atoms with van der Waals surface area (Å²) in [5.41, 5.74) is 3.87. The fraction of sp³-hybridized carbons (Fsp3) is 0. The number of thiocarbonyl (C=S) groups is 1. The Labute approximate surface area is 176 Å². The van der Waals surface area contributed by atoms with Crippen molar-refractivity contribution in [3.05, 3.63) is 87.8 Å². The Morgan fingerprint density at radius 2 is 1.75 bits per heavy atom. The third-order valence-corrected chi connectivity index (χ3v) is 5.78. The van der Waals surface area contributed by atoms with Crippen LogP contribution in [0.4, 0.5) is 0 Å². The Morgan fingerprint density at radius 1 is 1.04 bits per heavy atom. The Morgan fingerprint density at radius 3 is 2.54 bits per heavy atom. The second kappa shape index (κ2) is 7.75. The number of hydrazine groups is 1. The van der Waals surface area contributed by atoms with E-state index in [1.165, 1.54) is 0 Å². The normalized spacial score (nSPS) is 15.5. The van der Waals surface area contributed by atoms with Crippen LogP contribution in [0.3, 0.4) is 0 Å². The molecule has 4 nitrogen and oxygen atoms in total. The average molecular weight is 425 g/mol. The predicted molar refractivity (Wildman–Crippen MR) is 118 cm³/mol. The molecule has 0 aliphatic carbocycles. The van der Waals surface area contributed by atoms with Gasteiger partial charge in [-0.05, 0) is 58.9 Å². The van der Waals surface area contributed by atoms with E-state index < -0.39 is 5.91 Å². The van der Waals surface area contributed by atoms with Crippen molar-refractivity contribution in [3.8, 4) is 0 Å². The molecule has 7 heteroatoms. The number of thioether (sulfide) groups is 1. The zero-order valence-corrected chi connectivity index (χ0v) is 16.8. The molecule has 0 spiro atoms. The van der Waals surface area contributed by atoms with Gasteiger partial charge in [0.15, 0.2) is 4.32 Å². The van der Waals surface area contributed by atoms with Gasteiger partial charge < -0.3 is 0 Å². The van der Waals surface area contributed by atoms with Crippen LogP contribution in [-0.2, 0) is 4.79 Å². The monoisotopic (exact) mass is 424 g/mol. The van der Waals surface area contributed by atoms with E-state index in [0.29, 0.717) is 15.5 Å². The van der Waals surface area contributed by atoms with E-state index in [1.54, 1.807) is 30.3 Å². The number of rotatable bonds is 3. The molecule has 28 heavy (non-hydrogen) atoms. The summed E-state index contributed by atoms with van der Waals surface area (Å²) in [6, 6.07) is 20.2. The quantitative estimate of drug-likeness (QED) is 0.472. The van der Waals surface area contributed by atoms with Crippen LogP contribution in [0.15, 0.2) is 71.6 Å². The second-order valence-electron chi connectivity index (χ2n) is 6.03. The maximum Gasteiger partial charge on any atom is 0.285 e. The SMILES string of the molecule is O=C(NN1C(=O)/C(=C/c2cccc3ccccc23)SC1=S)c1ccc(Cl)cc1. The van der Waals surface area contributed by atoms with E-state index >= 15 is 0 Å². The van der Waals surface area contributed by atoms with Gasteiger partial charge in [-0.2, -0.15) is 5.01 Å². The van der Waals surface area contributed by atoms with Gasteiger partial charge in [0.05, 0.1) is 4.91 Å². The zero-order chi connectivity index (χ0) is 19.7. The van der Waals surface area contributed by atoms with Gasteiger partial charge in [-0.15, -0.1) is 0 Å². The lowest BCUT2D eigenvalue weighted by atomic mass is 10.0. The van der Waals surface area contributed by atoms with Crippen molar-refractivity contribution in [2.24, 2.45) is 0 Å². The summed E-state index contributed by atoms with van der Waals surface area (Å²) >= 11 is 12.3. The number of nitrogens with one attached hydrogen (secondary N) is 1. The molecule has 1 saturated heterocycles. The topological polar surface area (TPSA) is 49.4 Å². The number of carbonyl (C=O) groups is 2. The highest BCUT2D eigenvalue weighted by Crippen LogP contribution is 2.33. The summed E-state index contributed by atoms with van der Waals surface area (Å²) in [6.07, 6.45) is 1.80. The molecule has 1 fully saturated rings. The van der Waals surface area contributed by atoms with Gasteiger partial charge in [-0.25, -0.2) is 0 Å². The van der Waals surface area contributed by atoms with E-state index in [4.69, 9.17) is 23.8 Å². The van der Waals surface area contributed by atoms with Crippen LogP contribution in [0.5, 0.6) is 0 Å². The van der Waals surface area contributed by atoms with Crippen molar-refractivity contribution >= 4 is 68.6 Å². The minimum atomic E-state index is -0.431. The van der Waals surface area contributed by atoms with Crippen LogP contribution in [0.2, 0.25) is 5.02 Å². The molecule has 1 heterocycles. The van der Waals surface area contributed by atoms with Gasteiger partial charge >= 0.3 is 0 Å². The standard InChI is InChI=1S/C21H13ClN2O2S2/c22-16-10-8-14(9-11-16)19(25)23-24-20(26)18(28-21(24)27)12-15-6-3-5-13-4-1-2-7-17(13)15/h1-12H,(H,23,25)/b18-12-. The first-order valence-corrected chi connectivity index (χ1v) is 9.95. The lowest BCUT2D eigenvalue weighted by Gasteiger charge is -2.15. The van der Waals surface area contributed by atoms with Crippen molar-refractivity contribution in [3.63, 3.8) is 0 Å². The first-order chi connectivity index (χ1) is 13.5. The molecule has 3 aromatic rings. The molecule has 0 saturated carbocycles. The summed E-state index contributed by atoms with van der Waals surface area (Å²) in [5, 5.41) is 3.76. The maximum absolute atomic E-state index is 12.8. The number of nitrogens with zero attached hydrogens (tertiary/aromatic N) is 1. The molecule has 1 aliphatic rings. The summed E-state index contributed by atoms with van der Waals surface area (Å²) in [6.45, 7) is 0. The molecular weight excluding hydrogens is 412 g/mol. The molecule has 4 rings (SSSR count). The fourth-order valence-corrected chi connectivity index (χ4v) is 4.15. The molecule has 0 unspecified atom stereocenters. The van der Waals surface area contributed by atoms with E-state index in [0.717, 1.165) is 33.1 Å². The van der Waals surface area contributed by atoms with Crippen LogP contribution in [-0.4, -0.2) is 21.1 Å². The molecule has 1 aliphatic heterocycles. The van der Waals surface area contributed by atoms with E-state index in [-0.39, 0.29) is 10.2 Å². The van der Waals surface area contributed by atoms with Crippen LogP contribution >= 0.6 is 35.6 Å². The molecular formula is C21H13ClN2O2S2. The Balaban J connectivity index is 1.59. The zero-order valence-electron chi connectivity index (χ0n) is 14.4. The number of hydrogen-bond acceptors (Lipinski definition) is 4. The van der Waals surface area contributed by atoms with Crippen molar-refractivity contribution in [2.75, 3.05) is 0 Å². The highest BCUT2D eigenvalue weighted by molar-refractivity contribution is 8.26. The van der Waals surface area contributed by atoms with Crippen LogP contribution in [0, 0.1) is 0 Å². The molecule has 3 aromatic carbocycles. The maximum atomic E-state index is 12.8.